The van der Waals surface area contributed by atoms with Gasteiger partial charge < -0.3 is 15.0 Å². The van der Waals surface area contributed by atoms with Crippen LogP contribution >= 0.6 is 0 Å². The molecule has 0 saturated heterocycles. The predicted octanol–water partition coefficient (Wildman–Crippen LogP) is 1.96. The Labute approximate surface area is 146 Å². The number of hydrogen-bond donors (Lipinski definition) is 1. The predicted molar refractivity (Wildman–Crippen MR) is 93.0 cm³/mol. The van der Waals surface area contributed by atoms with E-state index in [1.54, 1.807) is 50.5 Å². The molecule has 0 bridgehead atoms. The van der Waals surface area contributed by atoms with Crippen LogP contribution in [0.5, 0.6) is 5.75 Å². The summed E-state index contributed by atoms with van der Waals surface area (Å²) in [6.45, 7) is 0.167. The fraction of sp³-hybridized carbons (Fsp3) is 0.211. The molecular formula is C19H19N3O3. The van der Waals surface area contributed by atoms with Crippen molar-refractivity contribution >= 4 is 11.8 Å². The third-order valence-electron chi connectivity index (χ3n) is 3.53. The summed E-state index contributed by atoms with van der Waals surface area (Å²) in [5, 5.41) is 11.7. The number of ether oxygens (including phenoxy) is 1. The van der Waals surface area contributed by atoms with Gasteiger partial charge in [-0.15, -0.1) is 0 Å². The molecule has 2 amide bonds. The Morgan fingerprint density at radius 2 is 1.92 bits per heavy atom. The average Bonchev–Trinajstić information content (AvgIpc) is 2.64. The Morgan fingerprint density at radius 3 is 2.64 bits per heavy atom. The van der Waals surface area contributed by atoms with Gasteiger partial charge in [0.2, 0.25) is 5.91 Å². The molecule has 0 aliphatic heterocycles. The van der Waals surface area contributed by atoms with Gasteiger partial charge in [0.1, 0.15) is 12.4 Å². The van der Waals surface area contributed by atoms with Crippen molar-refractivity contribution < 1.29 is 14.3 Å². The van der Waals surface area contributed by atoms with Crippen molar-refractivity contribution in [1.29, 1.82) is 5.26 Å². The maximum absolute atomic E-state index is 12.1. The molecule has 1 N–H and O–H groups in total. The molecule has 2 aromatic rings. The molecule has 0 aliphatic rings. The number of benzene rings is 2. The Hall–Kier alpha value is -3.33. The first kappa shape index (κ1) is 18.0. The van der Waals surface area contributed by atoms with Crippen molar-refractivity contribution in [2.75, 3.05) is 20.6 Å². The molecule has 0 aromatic heterocycles. The van der Waals surface area contributed by atoms with Crippen LogP contribution in [0.25, 0.3) is 0 Å². The minimum absolute atomic E-state index is 0.0630. The minimum Gasteiger partial charge on any atom is -0.489 e. The van der Waals surface area contributed by atoms with Crippen LogP contribution in [-0.4, -0.2) is 37.4 Å². The van der Waals surface area contributed by atoms with Gasteiger partial charge in [0.25, 0.3) is 5.91 Å². The fourth-order valence-electron chi connectivity index (χ4n) is 2.06. The van der Waals surface area contributed by atoms with Crippen LogP contribution < -0.4 is 10.1 Å². The van der Waals surface area contributed by atoms with Crippen LogP contribution in [0.4, 0.5) is 0 Å². The molecule has 0 aliphatic carbocycles. The van der Waals surface area contributed by atoms with Crippen LogP contribution in [-0.2, 0) is 11.4 Å². The zero-order chi connectivity index (χ0) is 18.2. The second-order valence-electron chi connectivity index (χ2n) is 5.56. The van der Waals surface area contributed by atoms with E-state index in [4.69, 9.17) is 10.00 Å². The maximum atomic E-state index is 12.1. The SMILES string of the molecule is CN(C)C(=O)CNC(=O)c1cccc(OCc2ccccc2C#N)c1. The van der Waals surface area contributed by atoms with Gasteiger partial charge in [-0.05, 0) is 24.3 Å². The van der Waals surface area contributed by atoms with Gasteiger partial charge in [-0.2, -0.15) is 5.26 Å². The number of carbonyl (C=O) groups is 2. The molecule has 6 nitrogen and oxygen atoms in total. The highest BCUT2D eigenvalue weighted by atomic mass is 16.5. The molecule has 0 radical (unpaired) electrons. The molecular weight excluding hydrogens is 318 g/mol. The first-order valence-electron chi connectivity index (χ1n) is 7.70. The number of likely N-dealkylation sites (N-methyl/N-ethyl adjacent to an activating group) is 1. The molecule has 0 heterocycles. The minimum atomic E-state index is -0.349. The van der Waals surface area contributed by atoms with Crippen molar-refractivity contribution in [1.82, 2.24) is 10.2 Å². The van der Waals surface area contributed by atoms with Crippen molar-refractivity contribution in [2.45, 2.75) is 6.61 Å². The monoisotopic (exact) mass is 337 g/mol. The lowest BCUT2D eigenvalue weighted by Crippen LogP contribution is -2.36. The van der Waals surface area contributed by atoms with E-state index in [0.717, 1.165) is 5.56 Å². The number of carbonyl (C=O) groups excluding carboxylic acids is 2. The molecule has 0 atom stereocenters. The molecule has 2 aromatic carbocycles. The lowest BCUT2D eigenvalue weighted by Gasteiger charge is -2.12. The molecule has 0 unspecified atom stereocenters. The molecule has 0 spiro atoms. The molecule has 25 heavy (non-hydrogen) atoms. The highest BCUT2D eigenvalue weighted by molar-refractivity contribution is 5.96. The van der Waals surface area contributed by atoms with Crippen molar-refractivity contribution in [3.63, 3.8) is 0 Å². The summed E-state index contributed by atoms with van der Waals surface area (Å²) in [5.74, 6) is -0.0220. The third kappa shape index (κ3) is 5.08. The lowest BCUT2D eigenvalue weighted by molar-refractivity contribution is -0.127. The number of hydrogen-bond acceptors (Lipinski definition) is 4. The number of amides is 2. The Kier molecular flexibility index (Phi) is 6.13. The second kappa shape index (κ2) is 8.50. The van der Waals surface area contributed by atoms with E-state index < -0.39 is 0 Å². The van der Waals surface area contributed by atoms with Crippen LogP contribution in [0.15, 0.2) is 48.5 Å². The normalized spacial score (nSPS) is 9.80. The molecule has 6 heteroatoms. The van der Waals surface area contributed by atoms with E-state index in [0.29, 0.717) is 16.9 Å². The molecule has 2 rings (SSSR count). The van der Waals surface area contributed by atoms with Gasteiger partial charge in [-0.3, -0.25) is 9.59 Å². The summed E-state index contributed by atoms with van der Waals surface area (Å²) >= 11 is 0. The summed E-state index contributed by atoms with van der Waals surface area (Å²) in [4.78, 5) is 25.1. The van der Waals surface area contributed by atoms with Crippen molar-refractivity contribution in [3.8, 4) is 11.8 Å². The molecule has 0 saturated carbocycles. The zero-order valence-corrected chi connectivity index (χ0v) is 14.2. The molecule has 128 valence electrons. The van der Waals surface area contributed by atoms with Crippen LogP contribution in [0.3, 0.4) is 0 Å². The first-order valence-corrected chi connectivity index (χ1v) is 7.70. The Morgan fingerprint density at radius 1 is 1.16 bits per heavy atom. The molecule has 0 fully saturated rings. The zero-order valence-electron chi connectivity index (χ0n) is 14.2. The summed E-state index contributed by atoms with van der Waals surface area (Å²) in [6.07, 6.45) is 0. The Balaban J connectivity index is 2.00. The van der Waals surface area contributed by atoms with Crippen LogP contribution in [0.1, 0.15) is 21.5 Å². The van der Waals surface area contributed by atoms with Gasteiger partial charge in [0, 0.05) is 25.2 Å². The summed E-state index contributed by atoms with van der Waals surface area (Å²) in [7, 11) is 3.25. The first-order chi connectivity index (χ1) is 12.0. The van der Waals surface area contributed by atoms with E-state index in [1.165, 1.54) is 4.90 Å². The van der Waals surface area contributed by atoms with Gasteiger partial charge in [-0.1, -0.05) is 24.3 Å². The summed E-state index contributed by atoms with van der Waals surface area (Å²) in [5.41, 5.74) is 1.73. The topological polar surface area (TPSA) is 82.4 Å². The maximum Gasteiger partial charge on any atom is 0.251 e. The highest BCUT2D eigenvalue weighted by Crippen LogP contribution is 2.16. The van der Waals surface area contributed by atoms with Crippen LogP contribution in [0, 0.1) is 11.3 Å². The summed E-state index contributed by atoms with van der Waals surface area (Å²) in [6, 6.07) is 16.0. The number of nitrogens with one attached hydrogen (secondary N) is 1. The number of nitrogens with zero attached hydrogens (tertiary/aromatic N) is 2. The van der Waals surface area contributed by atoms with E-state index in [9.17, 15) is 9.59 Å². The summed E-state index contributed by atoms with van der Waals surface area (Å²) < 4.78 is 5.68. The fourth-order valence-corrected chi connectivity index (χ4v) is 2.06. The number of rotatable bonds is 6. The van der Waals surface area contributed by atoms with E-state index in [2.05, 4.69) is 11.4 Å². The second-order valence-corrected chi connectivity index (χ2v) is 5.56. The lowest BCUT2D eigenvalue weighted by atomic mass is 10.1. The van der Waals surface area contributed by atoms with E-state index in [1.807, 2.05) is 12.1 Å². The van der Waals surface area contributed by atoms with Crippen LogP contribution in [0.2, 0.25) is 0 Å². The third-order valence-corrected chi connectivity index (χ3v) is 3.53. The largest absolute Gasteiger partial charge is 0.489 e. The van der Waals surface area contributed by atoms with Gasteiger partial charge in [0.15, 0.2) is 0 Å². The standard InChI is InChI=1S/C19H19N3O3/c1-22(2)18(23)12-21-19(24)14-8-5-9-17(10-14)25-13-16-7-4-3-6-15(16)11-20/h3-10H,12-13H2,1-2H3,(H,21,24). The number of nitriles is 1. The highest BCUT2D eigenvalue weighted by Gasteiger charge is 2.10. The van der Waals surface area contributed by atoms with Gasteiger partial charge in [0.05, 0.1) is 18.2 Å². The van der Waals surface area contributed by atoms with E-state index in [-0.39, 0.29) is 25.0 Å². The van der Waals surface area contributed by atoms with Gasteiger partial charge in [-0.25, -0.2) is 0 Å². The average molecular weight is 337 g/mol. The van der Waals surface area contributed by atoms with E-state index >= 15 is 0 Å². The smallest absolute Gasteiger partial charge is 0.251 e. The van der Waals surface area contributed by atoms with Crippen molar-refractivity contribution in [3.05, 3.63) is 65.2 Å². The van der Waals surface area contributed by atoms with Crippen molar-refractivity contribution in [2.24, 2.45) is 0 Å². The quantitative estimate of drug-likeness (QED) is 0.873. The van der Waals surface area contributed by atoms with Gasteiger partial charge >= 0.3 is 0 Å². The Bertz CT molecular complexity index is 810.